The number of pyridine rings is 1. The molecule has 0 aromatic carbocycles. The molecule has 0 amide bonds. The fourth-order valence-corrected chi connectivity index (χ4v) is 2.54. The summed E-state index contributed by atoms with van der Waals surface area (Å²) in [6.45, 7) is 6.94. The van der Waals surface area contributed by atoms with Crippen molar-refractivity contribution in [2.75, 3.05) is 32.0 Å². The van der Waals surface area contributed by atoms with Crippen LogP contribution in [0.15, 0.2) is 22.9 Å². The molecule has 0 bridgehead atoms. The monoisotopic (exact) mass is 338 g/mol. The van der Waals surface area contributed by atoms with Gasteiger partial charge in [-0.25, -0.2) is 4.98 Å². The van der Waals surface area contributed by atoms with Crippen LogP contribution in [0.25, 0.3) is 11.5 Å². The molecule has 3 rings (SSSR count). The largest absolute Gasteiger partial charge is 0.367 e. The van der Waals surface area contributed by atoms with E-state index in [-0.39, 0.29) is 24.5 Å². The lowest BCUT2D eigenvalue weighted by atomic mass is 10.2. The van der Waals surface area contributed by atoms with Gasteiger partial charge in [-0.2, -0.15) is 4.98 Å². The van der Waals surface area contributed by atoms with E-state index < -0.39 is 0 Å². The van der Waals surface area contributed by atoms with E-state index in [2.05, 4.69) is 51.6 Å². The van der Waals surface area contributed by atoms with E-state index in [0.29, 0.717) is 11.7 Å². The van der Waals surface area contributed by atoms with E-state index in [9.17, 15) is 0 Å². The molecule has 126 valence electrons. The first-order valence-corrected chi connectivity index (χ1v) is 7.61. The third kappa shape index (κ3) is 3.99. The Morgan fingerprint density at radius 2 is 2.26 bits per heavy atom. The van der Waals surface area contributed by atoms with Crippen molar-refractivity contribution in [1.82, 2.24) is 25.3 Å². The standard InChI is InChI=1S/C15H22N6O.ClH/c1-10(2)18-13-11(5-4-6-17-13)15-19-14(20-22-15)12-9-16-7-8-21(12)3;/h4-6,10,12,16H,7-9H2,1-3H3,(H,17,18);1H. The number of piperazine rings is 1. The average Bonchev–Trinajstić information content (AvgIpc) is 2.97. The van der Waals surface area contributed by atoms with Gasteiger partial charge in [-0.05, 0) is 33.0 Å². The van der Waals surface area contributed by atoms with E-state index in [4.69, 9.17) is 4.52 Å². The van der Waals surface area contributed by atoms with Crippen LogP contribution in [0.4, 0.5) is 5.82 Å². The lowest BCUT2D eigenvalue weighted by Crippen LogP contribution is -2.44. The molecule has 23 heavy (non-hydrogen) atoms. The number of halogens is 1. The maximum absolute atomic E-state index is 5.48. The molecule has 2 aromatic rings. The van der Waals surface area contributed by atoms with Crippen molar-refractivity contribution >= 4 is 18.2 Å². The van der Waals surface area contributed by atoms with Crippen LogP contribution in [-0.4, -0.2) is 52.7 Å². The maximum Gasteiger partial charge on any atom is 0.261 e. The van der Waals surface area contributed by atoms with Crippen molar-refractivity contribution in [3.05, 3.63) is 24.2 Å². The molecule has 0 aliphatic carbocycles. The zero-order valence-electron chi connectivity index (χ0n) is 13.6. The molecule has 0 saturated carbocycles. The first-order valence-electron chi connectivity index (χ1n) is 7.61. The summed E-state index contributed by atoms with van der Waals surface area (Å²) >= 11 is 0. The molecule has 7 nitrogen and oxygen atoms in total. The van der Waals surface area contributed by atoms with Gasteiger partial charge in [0.25, 0.3) is 5.89 Å². The minimum atomic E-state index is 0. The highest BCUT2D eigenvalue weighted by Crippen LogP contribution is 2.27. The molecule has 1 unspecified atom stereocenters. The predicted octanol–water partition coefficient (Wildman–Crippen LogP) is 1.95. The molecular formula is C15H23ClN6O. The molecule has 1 atom stereocenters. The highest BCUT2D eigenvalue weighted by molar-refractivity contribution is 5.85. The number of rotatable bonds is 4. The lowest BCUT2D eigenvalue weighted by molar-refractivity contribution is 0.190. The van der Waals surface area contributed by atoms with E-state index in [1.807, 2.05) is 12.1 Å². The molecule has 0 radical (unpaired) electrons. The molecule has 2 N–H and O–H groups in total. The smallest absolute Gasteiger partial charge is 0.261 e. The van der Waals surface area contributed by atoms with Gasteiger partial charge in [0.2, 0.25) is 0 Å². The minimum absolute atomic E-state index is 0. The third-order valence-corrected chi connectivity index (χ3v) is 3.71. The van der Waals surface area contributed by atoms with Crippen LogP contribution >= 0.6 is 12.4 Å². The first-order chi connectivity index (χ1) is 10.6. The molecule has 2 aromatic heterocycles. The molecule has 1 aliphatic rings. The normalized spacial score (nSPS) is 18.7. The van der Waals surface area contributed by atoms with Crippen LogP contribution in [-0.2, 0) is 0 Å². The number of likely N-dealkylation sites (N-methyl/N-ethyl adjacent to an activating group) is 1. The molecular weight excluding hydrogens is 316 g/mol. The third-order valence-electron chi connectivity index (χ3n) is 3.71. The average molecular weight is 339 g/mol. The fourth-order valence-electron chi connectivity index (χ4n) is 2.54. The molecule has 1 fully saturated rings. The Labute approximate surface area is 142 Å². The summed E-state index contributed by atoms with van der Waals surface area (Å²) in [7, 11) is 2.08. The van der Waals surface area contributed by atoms with Gasteiger partial charge in [-0.3, -0.25) is 4.90 Å². The summed E-state index contributed by atoms with van der Waals surface area (Å²) < 4.78 is 5.48. The Balaban J connectivity index is 0.00000192. The Kier molecular flexibility index (Phi) is 5.92. The number of hydrogen-bond acceptors (Lipinski definition) is 7. The Morgan fingerprint density at radius 3 is 3.00 bits per heavy atom. The van der Waals surface area contributed by atoms with Crippen LogP contribution < -0.4 is 10.6 Å². The summed E-state index contributed by atoms with van der Waals surface area (Å²) in [6, 6.07) is 4.24. The van der Waals surface area contributed by atoms with Crippen LogP contribution in [0.2, 0.25) is 0 Å². The Hall–Kier alpha value is -1.70. The highest BCUT2D eigenvalue weighted by atomic mass is 35.5. The zero-order chi connectivity index (χ0) is 15.5. The van der Waals surface area contributed by atoms with Crippen molar-refractivity contribution in [3.63, 3.8) is 0 Å². The van der Waals surface area contributed by atoms with Crippen LogP contribution in [0.5, 0.6) is 0 Å². The second-order valence-electron chi connectivity index (χ2n) is 5.86. The Morgan fingerprint density at radius 1 is 1.43 bits per heavy atom. The van der Waals surface area contributed by atoms with E-state index in [0.717, 1.165) is 31.0 Å². The SMILES string of the molecule is CC(C)Nc1ncccc1-c1nc(C2CNCCN2C)no1.Cl. The summed E-state index contributed by atoms with van der Waals surface area (Å²) in [4.78, 5) is 11.2. The topological polar surface area (TPSA) is 79.1 Å². The maximum atomic E-state index is 5.48. The quantitative estimate of drug-likeness (QED) is 0.882. The minimum Gasteiger partial charge on any atom is -0.367 e. The van der Waals surface area contributed by atoms with Crippen molar-refractivity contribution in [1.29, 1.82) is 0 Å². The molecule has 8 heteroatoms. The number of nitrogens with one attached hydrogen (secondary N) is 2. The molecule has 0 spiro atoms. The number of hydrogen-bond donors (Lipinski definition) is 2. The number of nitrogens with zero attached hydrogens (tertiary/aromatic N) is 4. The van der Waals surface area contributed by atoms with E-state index >= 15 is 0 Å². The van der Waals surface area contributed by atoms with Gasteiger partial charge >= 0.3 is 0 Å². The summed E-state index contributed by atoms with van der Waals surface area (Å²) in [6.07, 6.45) is 1.75. The first kappa shape index (κ1) is 17.7. The second-order valence-corrected chi connectivity index (χ2v) is 5.86. The highest BCUT2D eigenvalue weighted by Gasteiger charge is 2.26. The van der Waals surface area contributed by atoms with Gasteiger partial charge < -0.3 is 15.2 Å². The molecule has 1 aliphatic heterocycles. The summed E-state index contributed by atoms with van der Waals surface area (Å²) in [5.74, 6) is 1.98. The van der Waals surface area contributed by atoms with Crippen molar-refractivity contribution < 1.29 is 4.52 Å². The Bertz CT molecular complexity index is 632. The van der Waals surface area contributed by atoms with E-state index in [1.54, 1.807) is 6.20 Å². The summed E-state index contributed by atoms with van der Waals surface area (Å²) in [5, 5.41) is 10.8. The van der Waals surface area contributed by atoms with Gasteiger partial charge in [0.05, 0.1) is 11.6 Å². The second kappa shape index (κ2) is 7.72. The van der Waals surface area contributed by atoms with Crippen molar-refractivity contribution in [2.45, 2.75) is 25.9 Å². The summed E-state index contributed by atoms with van der Waals surface area (Å²) in [5.41, 5.74) is 0.835. The van der Waals surface area contributed by atoms with Gasteiger partial charge in [-0.15, -0.1) is 12.4 Å². The van der Waals surface area contributed by atoms with Crippen LogP contribution in [0, 0.1) is 0 Å². The molecule has 1 saturated heterocycles. The number of aromatic nitrogens is 3. The van der Waals surface area contributed by atoms with Gasteiger partial charge in [0.1, 0.15) is 5.82 Å². The van der Waals surface area contributed by atoms with Crippen LogP contribution in [0.1, 0.15) is 25.7 Å². The van der Waals surface area contributed by atoms with Crippen molar-refractivity contribution in [2.24, 2.45) is 0 Å². The zero-order valence-corrected chi connectivity index (χ0v) is 14.4. The lowest BCUT2D eigenvalue weighted by Gasteiger charge is -2.30. The van der Waals surface area contributed by atoms with Gasteiger partial charge in [0, 0.05) is 31.9 Å². The van der Waals surface area contributed by atoms with Gasteiger partial charge in [-0.1, -0.05) is 5.16 Å². The van der Waals surface area contributed by atoms with Crippen molar-refractivity contribution in [3.8, 4) is 11.5 Å². The number of anilines is 1. The predicted molar refractivity (Wildman–Crippen MR) is 91.8 cm³/mol. The van der Waals surface area contributed by atoms with Crippen LogP contribution in [0.3, 0.4) is 0 Å². The fraction of sp³-hybridized carbons (Fsp3) is 0.533. The van der Waals surface area contributed by atoms with Gasteiger partial charge in [0.15, 0.2) is 5.82 Å². The molecule has 3 heterocycles. The van der Waals surface area contributed by atoms with E-state index in [1.165, 1.54) is 0 Å².